The second-order valence-electron chi connectivity index (χ2n) is 2.33. The minimum atomic E-state index is 0.911. The third kappa shape index (κ3) is 6.05. The Labute approximate surface area is 71.5 Å². The lowest BCUT2D eigenvalue weighted by Crippen LogP contribution is -2.20. The van der Waals surface area contributed by atoms with Gasteiger partial charge >= 0.3 is 0 Å². The summed E-state index contributed by atoms with van der Waals surface area (Å²) in [4.78, 5) is 2.19. The maximum atomic E-state index is 3.75. The quantitative estimate of drug-likeness (QED) is 0.621. The molecule has 0 aliphatic heterocycles. The third-order valence-electron chi connectivity index (χ3n) is 1.16. The maximum Gasteiger partial charge on any atom is 0.0290 e. The van der Waals surface area contributed by atoms with E-state index in [1.807, 2.05) is 6.08 Å². The predicted octanol–water partition coefficient (Wildman–Crippen LogP) is 2.40. The molecule has 0 aromatic carbocycles. The highest BCUT2D eigenvalue weighted by atomic mass is 79.9. The maximum absolute atomic E-state index is 3.75. The molecule has 0 aliphatic rings. The van der Waals surface area contributed by atoms with Gasteiger partial charge in [-0.1, -0.05) is 28.6 Å². The average Bonchev–Trinajstić information content (AvgIpc) is 1.82. The van der Waals surface area contributed by atoms with Crippen LogP contribution in [0.3, 0.4) is 0 Å². The molecule has 0 aromatic heterocycles. The van der Waals surface area contributed by atoms with Gasteiger partial charge < -0.3 is 4.90 Å². The standard InChI is InChI=1S/C8H14BrN/c1-4-5-6-10(3)7-8(2)9/h4H,1-2,5-7H2,3H3. The van der Waals surface area contributed by atoms with Gasteiger partial charge in [0.15, 0.2) is 0 Å². The zero-order valence-corrected chi connectivity index (χ0v) is 8.02. The summed E-state index contributed by atoms with van der Waals surface area (Å²) in [5, 5.41) is 0. The van der Waals surface area contributed by atoms with Gasteiger partial charge in [0.25, 0.3) is 0 Å². The van der Waals surface area contributed by atoms with Crippen molar-refractivity contribution in [1.29, 1.82) is 0 Å². The molecular formula is C8H14BrN. The number of likely N-dealkylation sites (N-methyl/N-ethyl adjacent to an activating group) is 1. The molecule has 0 heterocycles. The molecule has 0 aliphatic carbocycles. The van der Waals surface area contributed by atoms with Crippen LogP contribution < -0.4 is 0 Å². The predicted molar refractivity (Wildman–Crippen MR) is 50.4 cm³/mol. The van der Waals surface area contributed by atoms with Gasteiger partial charge in [0.1, 0.15) is 0 Å². The zero-order valence-electron chi connectivity index (χ0n) is 6.44. The van der Waals surface area contributed by atoms with Crippen LogP contribution in [0.4, 0.5) is 0 Å². The molecule has 0 bridgehead atoms. The Morgan fingerprint density at radius 2 is 2.30 bits per heavy atom. The van der Waals surface area contributed by atoms with Gasteiger partial charge in [0.2, 0.25) is 0 Å². The highest BCUT2D eigenvalue weighted by molar-refractivity contribution is 9.11. The van der Waals surface area contributed by atoms with Crippen molar-refractivity contribution < 1.29 is 0 Å². The number of nitrogens with zero attached hydrogens (tertiary/aromatic N) is 1. The van der Waals surface area contributed by atoms with Crippen LogP contribution in [0.2, 0.25) is 0 Å². The molecule has 0 saturated carbocycles. The van der Waals surface area contributed by atoms with Crippen LogP contribution in [0.5, 0.6) is 0 Å². The molecule has 0 rings (SSSR count). The van der Waals surface area contributed by atoms with E-state index >= 15 is 0 Å². The molecule has 0 N–H and O–H groups in total. The summed E-state index contributed by atoms with van der Waals surface area (Å²) >= 11 is 3.30. The first kappa shape index (κ1) is 9.92. The second kappa shape index (κ2) is 5.69. The first-order chi connectivity index (χ1) is 4.66. The normalized spacial score (nSPS) is 9.90. The molecule has 0 fully saturated rings. The molecule has 0 atom stereocenters. The molecule has 0 aromatic rings. The Balaban J connectivity index is 3.33. The molecule has 0 radical (unpaired) electrons. The Hall–Kier alpha value is -0.0800. The summed E-state index contributed by atoms with van der Waals surface area (Å²) in [7, 11) is 2.07. The van der Waals surface area contributed by atoms with Crippen molar-refractivity contribution in [1.82, 2.24) is 4.90 Å². The second-order valence-corrected chi connectivity index (χ2v) is 3.45. The molecule has 58 valence electrons. The van der Waals surface area contributed by atoms with E-state index in [0.29, 0.717) is 0 Å². The molecule has 0 spiro atoms. The molecule has 1 nitrogen and oxygen atoms in total. The Bertz CT molecular complexity index is 120. The Morgan fingerprint density at radius 3 is 2.70 bits per heavy atom. The zero-order chi connectivity index (χ0) is 7.98. The van der Waals surface area contributed by atoms with Crippen molar-refractivity contribution in [2.24, 2.45) is 0 Å². The van der Waals surface area contributed by atoms with E-state index in [0.717, 1.165) is 24.0 Å². The third-order valence-corrected chi connectivity index (χ3v) is 1.41. The van der Waals surface area contributed by atoms with E-state index in [1.165, 1.54) is 0 Å². The van der Waals surface area contributed by atoms with E-state index in [2.05, 4.69) is 41.0 Å². The molecule has 0 unspecified atom stereocenters. The fourth-order valence-corrected chi connectivity index (χ4v) is 1.11. The first-order valence-electron chi connectivity index (χ1n) is 3.29. The molecule has 0 amide bonds. The summed E-state index contributed by atoms with van der Waals surface area (Å²) in [5.41, 5.74) is 0. The minimum absolute atomic E-state index is 0.911. The van der Waals surface area contributed by atoms with Gasteiger partial charge in [-0.2, -0.15) is 0 Å². The van der Waals surface area contributed by atoms with Crippen molar-refractivity contribution in [2.45, 2.75) is 6.42 Å². The molecular weight excluding hydrogens is 190 g/mol. The van der Waals surface area contributed by atoms with Crippen LogP contribution in [0.15, 0.2) is 23.7 Å². The number of halogens is 1. The lowest BCUT2D eigenvalue weighted by molar-refractivity contribution is 0.376. The van der Waals surface area contributed by atoms with Crippen LogP contribution in [0.25, 0.3) is 0 Å². The summed E-state index contributed by atoms with van der Waals surface area (Å²) in [6.45, 7) is 9.36. The summed E-state index contributed by atoms with van der Waals surface area (Å²) in [5.74, 6) is 0. The van der Waals surface area contributed by atoms with E-state index in [4.69, 9.17) is 0 Å². The van der Waals surface area contributed by atoms with Crippen molar-refractivity contribution in [2.75, 3.05) is 20.1 Å². The number of hydrogen-bond acceptors (Lipinski definition) is 1. The number of hydrogen-bond donors (Lipinski definition) is 0. The van der Waals surface area contributed by atoms with E-state index < -0.39 is 0 Å². The van der Waals surface area contributed by atoms with Crippen molar-refractivity contribution in [3.8, 4) is 0 Å². The van der Waals surface area contributed by atoms with E-state index in [1.54, 1.807) is 0 Å². The fraction of sp³-hybridized carbons (Fsp3) is 0.500. The van der Waals surface area contributed by atoms with Crippen LogP contribution in [0.1, 0.15) is 6.42 Å². The Morgan fingerprint density at radius 1 is 1.70 bits per heavy atom. The summed E-state index contributed by atoms with van der Waals surface area (Å²) < 4.78 is 1.03. The van der Waals surface area contributed by atoms with Crippen LogP contribution in [-0.2, 0) is 0 Å². The summed E-state index contributed by atoms with van der Waals surface area (Å²) in [6, 6.07) is 0. The van der Waals surface area contributed by atoms with Crippen LogP contribution in [0, 0.1) is 0 Å². The highest BCUT2D eigenvalue weighted by Crippen LogP contribution is 2.02. The van der Waals surface area contributed by atoms with E-state index in [-0.39, 0.29) is 0 Å². The van der Waals surface area contributed by atoms with Crippen LogP contribution >= 0.6 is 15.9 Å². The van der Waals surface area contributed by atoms with Gasteiger partial charge in [-0.15, -0.1) is 6.58 Å². The van der Waals surface area contributed by atoms with Gasteiger partial charge in [-0.25, -0.2) is 0 Å². The van der Waals surface area contributed by atoms with Gasteiger partial charge in [0, 0.05) is 17.6 Å². The average molecular weight is 204 g/mol. The fourth-order valence-electron chi connectivity index (χ4n) is 0.684. The highest BCUT2D eigenvalue weighted by Gasteiger charge is 1.95. The monoisotopic (exact) mass is 203 g/mol. The van der Waals surface area contributed by atoms with Gasteiger partial charge in [-0.3, -0.25) is 0 Å². The van der Waals surface area contributed by atoms with Crippen molar-refractivity contribution in [3.05, 3.63) is 23.7 Å². The van der Waals surface area contributed by atoms with Crippen LogP contribution in [-0.4, -0.2) is 25.0 Å². The lowest BCUT2D eigenvalue weighted by atomic mass is 10.4. The minimum Gasteiger partial charge on any atom is -0.301 e. The Kier molecular flexibility index (Phi) is 5.64. The smallest absolute Gasteiger partial charge is 0.0290 e. The summed E-state index contributed by atoms with van der Waals surface area (Å²) in [6.07, 6.45) is 2.96. The SMILES string of the molecule is C=CCCN(C)CC(=C)Br. The van der Waals surface area contributed by atoms with E-state index in [9.17, 15) is 0 Å². The van der Waals surface area contributed by atoms with Gasteiger partial charge in [0.05, 0.1) is 0 Å². The first-order valence-corrected chi connectivity index (χ1v) is 4.09. The topological polar surface area (TPSA) is 3.24 Å². The van der Waals surface area contributed by atoms with Crippen molar-refractivity contribution >= 4 is 15.9 Å². The van der Waals surface area contributed by atoms with Crippen molar-refractivity contribution in [3.63, 3.8) is 0 Å². The molecule has 10 heavy (non-hydrogen) atoms. The molecule has 2 heteroatoms. The lowest BCUT2D eigenvalue weighted by Gasteiger charge is -2.13. The van der Waals surface area contributed by atoms with Gasteiger partial charge in [-0.05, 0) is 13.5 Å². The largest absolute Gasteiger partial charge is 0.301 e. The molecule has 0 saturated heterocycles. The number of rotatable bonds is 5.